The van der Waals surface area contributed by atoms with Gasteiger partial charge in [-0.15, -0.1) is 0 Å². The molecule has 0 bridgehead atoms. The maximum Gasteiger partial charge on any atom is 0.327 e. The zero-order valence-corrected chi connectivity index (χ0v) is 14.2. The van der Waals surface area contributed by atoms with E-state index in [1.807, 2.05) is 0 Å². The van der Waals surface area contributed by atoms with E-state index in [2.05, 4.69) is 15.9 Å². The smallest absolute Gasteiger partial charge is 0.327 e. The van der Waals surface area contributed by atoms with Crippen molar-refractivity contribution in [3.63, 3.8) is 0 Å². The van der Waals surface area contributed by atoms with Crippen LogP contribution in [0.3, 0.4) is 0 Å². The number of hydrogen-bond acceptors (Lipinski definition) is 4. The molecule has 0 atom stereocenters. The number of nitrogens with zero attached hydrogens (tertiary/aromatic N) is 2. The highest BCUT2D eigenvalue weighted by Gasteiger charge is 2.49. The summed E-state index contributed by atoms with van der Waals surface area (Å²) < 4.78 is 6.26. The number of rotatable bonds is 5. The Hall–Kier alpha value is -1.89. The van der Waals surface area contributed by atoms with Gasteiger partial charge in [0.1, 0.15) is 17.9 Å². The Kier molecular flexibility index (Phi) is 4.55. The summed E-state index contributed by atoms with van der Waals surface area (Å²) >= 11 is 3.30. The molecule has 0 N–H and O–H groups in total. The fourth-order valence-corrected chi connectivity index (χ4v) is 2.30. The van der Waals surface area contributed by atoms with Crippen LogP contribution in [0.4, 0.5) is 4.79 Å². The molecule has 7 heteroatoms. The molecular formula is C15H17BrN2O4. The fourth-order valence-electron chi connectivity index (χ4n) is 2.04. The van der Waals surface area contributed by atoms with Crippen LogP contribution >= 0.6 is 15.9 Å². The van der Waals surface area contributed by atoms with E-state index in [0.29, 0.717) is 5.75 Å². The van der Waals surface area contributed by atoms with E-state index >= 15 is 0 Å². The van der Waals surface area contributed by atoms with Crippen LogP contribution in [0.2, 0.25) is 0 Å². The van der Waals surface area contributed by atoms with Crippen molar-refractivity contribution >= 4 is 33.7 Å². The summed E-state index contributed by atoms with van der Waals surface area (Å²) in [6, 6.07) is 6.57. The summed E-state index contributed by atoms with van der Waals surface area (Å²) in [6.45, 7) is 2.83. The molecule has 0 saturated carbocycles. The van der Waals surface area contributed by atoms with Crippen molar-refractivity contribution in [1.82, 2.24) is 9.80 Å². The number of ether oxygens (including phenoxy) is 1. The van der Waals surface area contributed by atoms with E-state index in [1.165, 1.54) is 4.90 Å². The molecule has 1 fully saturated rings. The van der Waals surface area contributed by atoms with Crippen LogP contribution in [0.25, 0.3) is 0 Å². The van der Waals surface area contributed by atoms with Gasteiger partial charge in [0.05, 0.1) is 6.54 Å². The summed E-state index contributed by atoms with van der Waals surface area (Å²) in [5.41, 5.74) is -0.927. The van der Waals surface area contributed by atoms with E-state index in [0.717, 1.165) is 9.37 Å². The highest BCUT2D eigenvalue weighted by molar-refractivity contribution is 9.10. The Balaban J connectivity index is 1.94. The Morgan fingerprint density at radius 3 is 2.32 bits per heavy atom. The average Bonchev–Trinajstić information content (AvgIpc) is 2.62. The van der Waals surface area contributed by atoms with Crippen molar-refractivity contribution < 1.29 is 19.1 Å². The van der Waals surface area contributed by atoms with Gasteiger partial charge in [0, 0.05) is 11.5 Å². The van der Waals surface area contributed by atoms with E-state index in [1.54, 1.807) is 45.2 Å². The van der Waals surface area contributed by atoms with Gasteiger partial charge in [-0.1, -0.05) is 15.9 Å². The number of carbonyl (C=O) groups is 3. The first-order valence-electron chi connectivity index (χ1n) is 6.73. The van der Waals surface area contributed by atoms with E-state index in [4.69, 9.17) is 4.74 Å². The lowest BCUT2D eigenvalue weighted by atomic mass is 10.1. The molecule has 0 radical (unpaired) electrons. The second-order valence-electron chi connectivity index (χ2n) is 5.57. The third kappa shape index (κ3) is 3.14. The average molecular weight is 369 g/mol. The van der Waals surface area contributed by atoms with Crippen molar-refractivity contribution in [1.29, 1.82) is 0 Å². The summed E-state index contributed by atoms with van der Waals surface area (Å²) in [6.07, 6.45) is 0. The van der Waals surface area contributed by atoms with E-state index in [-0.39, 0.29) is 24.8 Å². The van der Waals surface area contributed by atoms with Crippen LogP contribution in [0.1, 0.15) is 13.8 Å². The van der Waals surface area contributed by atoms with Crippen LogP contribution in [0, 0.1) is 0 Å². The number of amides is 3. The predicted molar refractivity (Wildman–Crippen MR) is 83.6 cm³/mol. The monoisotopic (exact) mass is 368 g/mol. The topological polar surface area (TPSA) is 66.9 Å². The first kappa shape index (κ1) is 16.5. The highest BCUT2D eigenvalue weighted by atomic mass is 79.9. The van der Waals surface area contributed by atoms with Gasteiger partial charge in [0.15, 0.2) is 5.78 Å². The van der Waals surface area contributed by atoms with Gasteiger partial charge in [-0.3, -0.25) is 14.5 Å². The van der Waals surface area contributed by atoms with Crippen molar-refractivity contribution in [3.05, 3.63) is 28.7 Å². The number of imide groups is 1. The van der Waals surface area contributed by atoms with Gasteiger partial charge in [-0.2, -0.15) is 0 Å². The van der Waals surface area contributed by atoms with Crippen LogP contribution in [-0.4, -0.2) is 53.3 Å². The summed E-state index contributed by atoms with van der Waals surface area (Å²) in [4.78, 5) is 38.4. The predicted octanol–water partition coefficient (Wildman–Crippen LogP) is 2.07. The number of benzene rings is 1. The minimum Gasteiger partial charge on any atom is -0.486 e. The third-order valence-corrected chi connectivity index (χ3v) is 4.20. The Morgan fingerprint density at radius 2 is 1.82 bits per heavy atom. The first-order valence-corrected chi connectivity index (χ1v) is 7.52. The maximum atomic E-state index is 12.2. The number of hydrogen-bond donors (Lipinski definition) is 0. The molecule has 1 aromatic rings. The quantitative estimate of drug-likeness (QED) is 0.746. The van der Waals surface area contributed by atoms with Gasteiger partial charge in [0.25, 0.3) is 5.91 Å². The van der Waals surface area contributed by atoms with Crippen LogP contribution < -0.4 is 4.74 Å². The van der Waals surface area contributed by atoms with Gasteiger partial charge in [-0.25, -0.2) is 4.79 Å². The van der Waals surface area contributed by atoms with Gasteiger partial charge in [0.2, 0.25) is 0 Å². The minimum atomic E-state index is -0.927. The van der Waals surface area contributed by atoms with Crippen molar-refractivity contribution in [2.45, 2.75) is 19.4 Å². The number of halogens is 1. The molecular weight excluding hydrogens is 352 g/mol. The number of likely N-dealkylation sites (N-methyl/N-ethyl adjacent to an activating group) is 1. The van der Waals surface area contributed by atoms with Crippen LogP contribution in [0.5, 0.6) is 5.75 Å². The third-order valence-electron chi connectivity index (χ3n) is 3.67. The molecule has 1 saturated heterocycles. The van der Waals surface area contributed by atoms with Crippen molar-refractivity contribution in [2.75, 3.05) is 20.2 Å². The molecule has 118 valence electrons. The number of Topliss-reactive ketones (excluding diaryl/α,β-unsaturated/α-hetero) is 1. The standard InChI is InChI=1S/C15H17BrN2O4/c1-15(2)13(20)18(14(21)17(15)3)8-11(19)9-22-12-6-4-10(16)5-7-12/h4-7H,8-9H2,1-3H3. The molecule has 22 heavy (non-hydrogen) atoms. The molecule has 6 nitrogen and oxygen atoms in total. The van der Waals surface area contributed by atoms with Crippen LogP contribution in [-0.2, 0) is 9.59 Å². The lowest BCUT2D eigenvalue weighted by molar-refractivity contribution is -0.135. The van der Waals surface area contributed by atoms with Crippen LogP contribution in [0.15, 0.2) is 28.7 Å². The summed E-state index contributed by atoms with van der Waals surface area (Å²) in [5.74, 6) is -0.166. The largest absolute Gasteiger partial charge is 0.486 e. The molecule has 1 aliphatic heterocycles. The molecule has 1 aliphatic rings. The van der Waals surface area contributed by atoms with E-state index < -0.39 is 11.6 Å². The second-order valence-corrected chi connectivity index (χ2v) is 6.49. The molecule has 0 aliphatic carbocycles. The highest BCUT2D eigenvalue weighted by Crippen LogP contribution is 2.25. The summed E-state index contributed by atoms with van der Waals surface area (Å²) in [7, 11) is 1.54. The van der Waals surface area contributed by atoms with Crippen molar-refractivity contribution in [2.24, 2.45) is 0 Å². The van der Waals surface area contributed by atoms with Crippen molar-refractivity contribution in [3.8, 4) is 5.75 Å². The minimum absolute atomic E-state index is 0.192. The number of ketones is 1. The van der Waals surface area contributed by atoms with Gasteiger partial charge in [-0.05, 0) is 38.1 Å². The lowest BCUT2D eigenvalue weighted by Gasteiger charge is -2.22. The zero-order chi connectivity index (χ0) is 16.5. The SMILES string of the molecule is CN1C(=O)N(CC(=O)COc2ccc(Br)cc2)C(=O)C1(C)C. The molecule has 0 aromatic heterocycles. The summed E-state index contributed by atoms with van der Waals surface area (Å²) in [5, 5.41) is 0. The van der Waals surface area contributed by atoms with Gasteiger partial charge < -0.3 is 9.64 Å². The second kappa shape index (κ2) is 6.08. The maximum absolute atomic E-state index is 12.2. The van der Waals surface area contributed by atoms with Gasteiger partial charge >= 0.3 is 6.03 Å². The Morgan fingerprint density at radius 1 is 1.23 bits per heavy atom. The van der Waals surface area contributed by atoms with E-state index in [9.17, 15) is 14.4 Å². The Labute approximate surface area is 137 Å². The Bertz CT molecular complexity index is 612. The molecule has 1 aromatic carbocycles. The molecule has 3 amide bonds. The molecule has 0 unspecified atom stereocenters. The normalized spacial score (nSPS) is 17.1. The zero-order valence-electron chi connectivity index (χ0n) is 12.6. The first-order chi connectivity index (χ1) is 10.2. The molecule has 0 spiro atoms. The fraction of sp³-hybridized carbons (Fsp3) is 0.400. The number of urea groups is 1. The molecule has 2 rings (SSSR count). The lowest BCUT2D eigenvalue weighted by Crippen LogP contribution is -2.42. The number of carbonyl (C=O) groups excluding carboxylic acids is 3. The molecule has 1 heterocycles.